The third-order valence-corrected chi connectivity index (χ3v) is 5.38. The predicted molar refractivity (Wildman–Crippen MR) is 75.2 cm³/mol. The van der Waals surface area contributed by atoms with Gasteiger partial charge in [0.05, 0.1) is 10.1 Å². The fourth-order valence-electron chi connectivity index (χ4n) is 1.64. The van der Waals surface area contributed by atoms with E-state index >= 15 is 0 Å². The van der Waals surface area contributed by atoms with Gasteiger partial charge in [-0.25, -0.2) is 13.2 Å². The van der Waals surface area contributed by atoms with Crippen molar-refractivity contribution in [2.24, 2.45) is 0 Å². The van der Waals surface area contributed by atoms with Crippen LogP contribution in [0.25, 0.3) is 0 Å². The second-order valence-corrected chi connectivity index (χ2v) is 8.17. The highest BCUT2D eigenvalue weighted by molar-refractivity contribution is 7.92. The van der Waals surface area contributed by atoms with Gasteiger partial charge in [-0.15, -0.1) is 0 Å². The van der Waals surface area contributed by atoms with Crippen molar-refractivity contribution in [3.05, 3.63) is 35.0 Å². The van der Waals surface area contributed by atoms with Crippen LogP contribution in [0.4, 0.5) is 0 Å². The zero-order valence-electron chi connectivity index (χ0n) is 11.5. The Hall–Kier alpha value is -1.36. The molecular weight excluding hydrogens is 262 g/mol. The van der Waals surface area contributed by atoms with Crippen molar-refractivity contribution in [3.8, 4) is 0 Å². The molecule has 0 amide bonds. The lowest BCUT2D eigenvalue weighted by Gasteiger charge is -2.18. The Kier molecular flexibility index (Phi) is 3.43. The largest absolute Gasteiger partial charge is 0.623 e. The minimum atomic E-state index is -3.15. The highest BCUT2D eigenvalue weighted by atomic mass is 32.2. The number of hydrogen-bond donors (Lipinski definition) is 0. The molecule has 1 fully saturated rings. The Morgan fingerprint density at radius 3 is 2.16 bits per heavy atom. The zero-order chi connectivity index (χ0) is 14.3. The predicted octanol–water partition coefficient (Wildman–Crippen LogP) is 2.35. The minimum Gasteiger partial charge on any atom is -0.623 e. The van der Waals surface area contributed by atoms with Gasteiger partial charge < -0.3 is 5.21 Å². The number of benzene rings is 1. The molecule has 5 heteroatoms. The van der Waals surface area contributed by atoms with Gasteiger partial charge in [0, 0.05) is 26.3 Å². The Morgan fingerprint density at radius 2 is 1.74 bits per heavy atom. The summed E-state index contributed by atoms with van der Waals surface area (Å²) in [5.74, 6) is 0. The van der Waals surface area contributed by atoms with Crippen molar-refractivity contribution >= 4 is 16.1 Å². The molecule has 0 saturated heterocycles. The lowest BCUT2D eigenvalue weighted by Crippen LogP contribution is -2.29. The van der Waals surface area contributed by atoms with Crippen LogP contribution in [0.15, 0.2) is 29.2 Å². The Bertz CT molecular complexity index is 591. The Labute approximate surface area is 114 Å². The summed E-state index contributed by atoms with van der Waals surface area (Å²) in [6.07, 6.45) is 3.00. The van der Waals surface area contributed by atoms with Crippen LogP contribution in [0.5, 0.6) is 0 Å². The van der Waals surface area contributed by atoms with Gasteiger partial charge in [-0.1, -0.05) is 0 Å². The monoisotopic (exact) mass is 281 g/mol. The van der Waals surface area contributed by atoms with Gasteiger partial charge in [0.2, 0.25) is 0 Å². The standard InChI is InChI=1S/C14H19NO3S/c1-14(2,3)15(16)10-11-4-6-12(7-5-11)19(17,18)13-8-9-13/h4-7,10,13H,8-9H2,1-3H3/b15-10-. The van der Waals surface area contributed by atoms with Crippen LogP contribution in [0.3, 0.4) is 0 Å². The topological polar surface area (TPSA) is 60.2 Å². The first-order chi connectivity index (χ1) is 8.71. The summed E-state index contributed by atoms with van der Waals surface area (Å²) in [6, 6.07) is 6.50. The maximum absolute atomic E-state index is 12.0. The summed E-state index contributed by atoms with van der Waals surface area (Å²) in [5, 5.41) is 11.6. The van der Waals surface area contributed by atoms with Crippen LogP contribution >= 0.6 is 0 Å². The van der Waals surface area contributed by atoms with Crippen LogP contribution in [0, 0.1) is 5.21 Å². The number of nitrogens with zero attached hydrogens (tertiary/aromatic N) is 1. The van der Waals surface area contributed by atoms with Crippen LogP contribution in [0.2, 0.25) is 0 Å². The molecule has 0 atom stereocenters. The van der Waals surface area contributed by atoms with E-state index in [9.17, 15) is 13.6 Å². The Balaban J connectivity index is 2.24. The van der Waals surface area contributed by atoms with Crippen LogP contribution in [0.1, 0.15) is 39.2 Å². The van der Waals surface area contributed by atoms with Crippen LogP contribution in [-0.2, 0) is 9.84 Å². The third kappa shape index (κ3) is 3.15. The first-order valence-corrected chi connectivity index (χ1v) is 7.91. The van der Waals surface area contributed by atoms with Gasteiger partial charge in [-0.05, 0) is 37.1 Å². The van der Waals surface area contributed by atoms with Crippen molar-refractivity contribution in [3.63, 3.8) is 0 Å². The molecule has 0 aromatic heterocycles. The maximum atomic E-state index is 12.0. The average molecular weight is 281 g/mol. The first-order valence-electron chi connectivity index (χ1n) is 6.36. The van der Waals surface area contributed by atoms with Gasteiger partial charge in [0.1, 0.15) is 0 Å². The fraction of sp³-hybridized carbons (Fsp3) is 0.500. The molecule has 0 radical (unpaired) electrons. The van der Waals surface area contributed by atoms with Gasteiger partial charge in [-0.2, -0.15) is 0 Å². The molecule has 1 aromatic carbocycles. The molecule has 0 unspecified atom stereocenters. The SMILES string of the molecule is CC(C)(C)/[N+]([O-])=C/c1ccc(S(=O)(=O)C2CC2)cc1. The van der Waals surface area contributed by atoms with E-state index in [0.29, 0.717) is 10.5 Å². The summed E-state index contributed by atoms with van der Waals surface area (Å²) in [4.78, 5) is 0.348. The summed E-state index contributed by atoms with van der Waals surface area (Å²) in [5.41, 5.74) is 0.207. The normalized spacial score (nSPS) is 17.5. The molecule has 4 nitrogen and oxygen atoms in total. The molecule has 0 aliphatic heterocycles. The van der Waals surface area contributed by atoms with Crippen molar-refractivity contribution in [1.82, 2.24) is 0 Å². The van der Waals surface area contributed by atoms with E-state index in [-0.39, 0.29) is 5.25 Å². The summed E-state index contributed by atoms with van der Waals surface area (Å²) < 4.78 is 24.9. The highest BCUT2D eigenvalue weighted by Crippen LogP contribution is 2.33. The van der Waals surface area contributed by atoms with E-state index in [2.05, 4.69) is 0 Å². The number of hydrogen-bond acceptors (Lipinski definition) is 3. The molecule has 1 aromatic rings. The van der Waals surface area contributed by atoms with E-state index < -0.39 is 15.4 Å². The molecule has 0 heterocycles. The smallest absolute Gasteiger partial charge is 0.182 e. The Morgan fingerprint density at radius 1 is 1.21 bits per heavy atom. The van der Waals surface area contributed by atoms with E-state index in [1.54, 1.807) is 24.3 Å². The van der Waals surface area contributed by atoms with Gasteiger partial charge in [0.25, 0.3) is 0 Å². The van der Waals surface area contributed by atoms with E-state index in [1.807, 2.05) is 20.8 Å². The number of sulfone groups is 1. The fourth-order valence-corrected chi connectivity index (χ4v) is 3.30. The number of rotatable bonds is 3. The minimum absolute atomic E-state index is 0.201. The van der Waals surface area contributed by atoms with Crippen LogP contribution < -0.4 is 0 Å². The van der Waals surface area contributed by atoms with Gasteiger partial charge in [-0.3, -0.25) is 0 Å². The molecule has 1 saturated carbocycles. The van der Waals surface area contributed by atoms with Crippen molar-refractivity contribution in [2.45, 2.75) is 49.3 Å². The molecule has 1 aliphatic carbocycles. The second-order valence-electron chi connectivity index (χ2n) is 5.94. The van der Waals surface area contributed by atoms with Gasteiger partial charge in [0.15, 0.2) is 21.6 Å². The van der Waals surface area contributed by atoms with E-state index in [0.717, 1.165) is 17.6 Å². The molecule has 19 heavy (non-hydrogen) atoms. The lowest BCUT2D eigenvalue weighted by atomic mass is 10.1. The zero-order valence-corrected chi connectivity index (χ0v) is 12.3. The average Bonchev–Trinajstić information content (AvgIpc) is 3.12. The van der Waals surface area contributed by atoms with Crippen LogP contribution in [-0.4, -0.2) is 30.2 Å². The third-order valence-electron chi connectivity index (χ3n) is 3.10. The highest BCUT2D eigenvalue weighted by Gasteiger charge is 2.36. The van der Waals surface area contributed by atoms with E-state index in [4.69, 9.17) is 0 Å². The molecule has 2 rings (SSSR count). The summed E-state index contributed by atoms with van der Waals surface area (Å²) >= 11 is 0. The summed E-state index contributed by atoms with van der Waals surface area (Å²) in [7, 11) is -3.15. The van der Waals surface area contributed by atoms with Crippen molar-refractivity contribution < 1.29 is 13.2 Å². The molecule has 0 N–H and O–H groups in total. The molecule has 104 valence electrons. The molecule has 0 bridgehead atoms. The summed E-state index contributed by atoms with van der Waals surface area (Å²) in [6.45, 7) is 5.47. The molecular formula is C14H19NO3S. The van der Waals surface area contributed by atoms with E-state index in [1.165, 1.54) is 6.21 Å². The molecule has 0 spiro atoms. The second kappa shape index (κ2) is 4.63. The van der Waals surface area contributed by atoms with Gasteiger partial charge >= 0.3 is 0 Å². The van der Waals surface area contributed by atoms with Crippen molar-refractivity contribution in [2.75, 3.05) is 0 Å². The number of hydroxylamine groups is 1. The lowest BCUT2D eigenvalue weighted by molar-refractivity contribution is -0.530. The maximum Gasteiger partial charge on any atom is 0.182 e. The quantitative estimate of drug-likeness (QED) is 0.370. The van der Waals surface area contributed by atoms with Crippen molar-refractivity contribution in [1.29, 1.82) is 0 Å². The molecule has 1 aliphatic rings. The first kappa shape index (κ1) is 14.1.